The smallest absolute Gasteiger partial charge is 0.280 e. The molecule has 0 aliphatic heterocycles. The van der Waals surface area contributed by atoms with Crippen molar-refractivity contribution in [2.24, 2.45) is 16.6 Å². The van der Waals surface area contributed by atoms with Crippen LogP contribution in [-0.2, 0) is 21.2 Å². The van der Waals surface area contributed by atoms with E-state index in [1.807, 2.05) is 0 Å². The van der Waals surface area contributed by atoms with E-state index in [4.69, 9.17) is 28.8 Å². The Morgan fingerprint density at radius 2 is 1.72 bits per heavy atom. The standard InChI is InChI=1S/C22H31ClN8O4S/c1-12(2)16(13(3)32)31-36(34,35)15-9-7-14(8-10-15)6-4-5-11-27-22(26)30-21(33)17-19(24)29-20(25)18(23)28-17/h7-10,12,16,31H,4-6,11H2,1-3H3,(H4,24,25,29)(H3,26,27,30,33)/t16-/m0/s1. The lowest BCUT2D eigenvalue weighted by molar-refractivity contribution is -0.119. The summed E-state index contributed by atoms with van der Waals surface area (Å²) >= 11 is 5.77. The average molecular weight is 539 g/mol. The summed E-state index contributed by atoms with van der Waals surface area (Å²) in [4.78, 5) is 35.7. The van der Waals surface area contributed by atoms with Crippen LogP contribution < -0.4 is 27.2 Å². The van der Waals surface area contributed by atoms with Gasteiger partial charge in [-0.1, -0.05) is 37.6 Å². The molecule has 0 saturated carbocycles. The number of benzene rings is 1. The Morgan fingerprint density at radius 1 is 1.08 bits per heavy atom. The Hall–Kier alpha value is -3.29. The SMILES string of the molecule is CC(=O)[C@@H](NS(=O)(=O)c1ccc(CCCCN=C(N)NC(=O)c2nc(Cl)c(N)nc2N)cc1)C(C)C. The number of Topliss-reactive ketones (excluding diaryl/α,β-unsaturated/α-hetero) is 1. The van der Waals surface area contributed by atoms with Crippen LogP contribution in [0.2, 0.25) is 5.15 Å². The molecular weight excluding hydrogens is 508 g/mol. The molecule has 1 heterocycles. The molecule has 2 aromatic rings. The second-order valence-corrected chi connectivity index (χ2v) is 10.5. The molecule has 196 valence electrons. The lowest BCUT2D eigenvalue weighted by atomic mass is 10.0. The molecule has 1 aromatic heterocycles. The largest absolute Gasteiger partial charge is 0.382 e. The van der Waals surface area contributed by atoms with Gasteiger partial charge in [-0.25, -0.2) is 23.1 Å². The van der Waals surface area contributed by atoms with Gasteiger partial charge in [0.1, 0.15) is 5.78 Å². The summed E-state index contributed by atoms with van der Waals surface area (Å²) in [5.41, 5.74) is 17.6. The van der Waals surface area contributed by atoms with E-state index < -0.39 is 22.0 Å². The van der Waals surface area contributed by atoms with Gasteiger partial charge in [-0.15, -0.1) is 0 Å². The number of unbranched alkanes of at least 4 members (excludes halogenated alkanes) is 1. The third-order valence-corrected chi connectivity index (χ3v) is 6.87. The number of nitrogens with one attached hydrogen (secondary N) is 2. The minimum absolute atomic E-state index is 0.0898. The Morgan fingerprint density at radius 3 is 2.31 bits per heavy atom. The summed E-state index contributed by atoms with van der Waals surface area (Å²) in [6.07, 6.45) is 2.11. The number of guanidine groups is 1. The molecule has 8 N–H and O–H groups in total. The van der Waals surface area contributed by atoms with E-state index in [1.54, 1.807) is 26.0 Å². The highest BCUT2D eigenvalue weighted by Gasteiger charge is 2.25. The number of amides is 1. The van der Waals surface area contributed by atoms with Crippen LogP contribution in [0.4, 0.5) is 11.6 Å². The normalized spacial score (nSPS) is 13.0. The van der Waals surface area contributed by atoms with Crippen molar-refractivity contribution >= 4 is 50.9 Å². The first-order valence-corrected chi connectivity index (χ1v) is 13.0. The molecule has 14 heteroatoms. The van der Waals surface area contributed by atoms with Crippen molar-refractivity contribution in [3.63, 3.8) is 0 Å². The molecule has 36 heavy (non-hydrogen) atoms. The predicted molar refractivity (Wildman–Crippen MR) is 139 cm³/mol. The molecular formula is C22H31ClN8O4S. The predicted octanol–water partition coefficient (Wildman–Crippen LogP) is 1.25. The van der Waals surface area contributed by atoms with Crippen molar-refractivity contribution in [3.05, 3.63) is 40.7 Å². The minimum atomic E-state index is -3.81. The number of anilines is 2. The first-order chi connectivity index (χ1) is 16.8. The number of carbonyl (C=O) groups is 2. The number of aromatic nitrogens is 2. The molecule has 0 fully saturated rings. The van der Waals surface area contributed by atoms with Gasteiger partial charge in [0.25, 0.3) is 5.91 Å². The first kappa shape index (κ1) is 28.9. The molecule has 0 unspecified atom stereocenters. The second kappa shape index (κ2) is 12.6. The quantitative estimate of drug-likeness (QED) is 0.158. The van der Waals surface area contributed by atoms with Gasteiger partial charge in [-0.05, 0) is 49.8 Å². The number of hydrogen-bond acceptors (Lipinski definition) is 9. The van der Waals surface area contributed by atoms with Gasteiger partial charge in [0.2, 0.25) is 10.0 Å². The Labute approximate surface area is 215 Å². The zero-order valence-corrected chi connectivity index (χ0v) is 21.9. The Bertz CT molecular complexity index is 1230. The maximum Gasteiger partial charge on any atom is 0.280 e. The fraction of sp³-hybridized carbons (Fsp3) is 0.409. The molecule has 0 radical (unpaired) electrons. The van der Waals surface area contributed by atoms with E-state index in [9.17, 15) is 18.0 Å². The van der Waals surface area contributed by atoms with Crippen molar-refractivity contribution < 1.29 is 18.0 Å². The van der Waals surface area contributed by atoms with Gasteiger partial charge in [-0.2, -0.15) is 0 Å². The number of nitrogens with two attached hydrogens (primary N) is 3. The number of aryl methyl sites for hydroxylation is 1. The number of hydrogen-bond donors (Lipinski definition) is 5. The third kappa shape index (κ3) is 8.14. The number of aliphatic imine (C=N–C) groups is 1. The molecule has 0 aliphatic rings. The lowest BCUT2D eigenvalue weighted by Crippen LogP contribution is -2.43. The van der Waals surface area contributed by atoms with Crippen LogP contribution in [0.25, 0.3) is 0 Å². The van der Waals surface area contributed by atoms with Gasteiger partial charge in [-0.3, -0.25) is 19.9 Å². The maximum absolute atomic E-state index is 12.6. The Kier molecular flexibility index (Phi) is 10.1. The first-order valence-electron chi connectivity index (χ1n) is 11.1. The number of halogens is 1. The van der Waals surface area contributed by atoms with Crippen LogP contribution in [-0.4, -0.2) is 48.6 Å². The monoisotopic (exact) mass is 538 g/mol. The molecule has 1 aromatic carbocycles. The zero-order chi connectivity index (χ0) is 27.0. The number of nitrogens with zero attached hydrogens (tertiary/aromatic N) is 3. The van der Waals surface area contributed by atoms with Crippen LogP contribution in [0.3, 0.4) is 0 Å². The van der Waals surface area contributed by atoms with Gasteiger partial charge in [0.15, 0.2) is 28.4 Å². The molecule has 0 bridgehead atoms. The summed E-state index contributed by atoms with van der Waals surface area (Å²) in [5, 5.41) is 2.21. The minimum Gasteiger partial charge on any atom is -0.382 e. The summed E-state index contributed by atoms with van der Waals surface area (Å²) < 4.78 is 27.7. The summed E-state index contributed by atoms with van der Waals surface area (Å²) in [7, 11) is -3.81. The van der Waals surface area contributed by atoms with Crippen LogP contribution in [0, 0.1) is 5.92 Å². The number of sulfonamides is 1. The number of nitrogen functional groups attached to an aromatic ring is 2. The number of carbonyl (C=O) groups excluding carboxylic acids is 2. The van der Waals surface area contributed by atoms with Gasteiger partial charge in [0, 0.05) is 6.54 Å². The van der Waals surface area contributed by atoms with Crippen molar-refractivity contribution in [2.75, 3.05) is 18.0 Å². The van der Waals surface area contributed by atoms with Crippen molar-refractivity contribution in [2.45, 2.75) is 51.0 Å². The summed E-state index contributed by atoms with van der Waals surface area (Å²) in [5.74, 6) is -1.49. The molecule has 0 saturated heterocycles. The van der Waals surface area contributed by atoms with Gasteiger partial charge in [0.05, 0.1) is 10.9 Å². The van der Waals surface area contributed by atoms with E-state index in [0.29, 0.717) is 19.4 Å². The number of ketones is 1. The molecule has 1 amide bonds. The topological polar surface area (TPSA) is 209 Å². The van der Waals surface area contributed by atoms with Crippen LogP contribution >= 0.6 is 11.6 Å². The fourth-order valence-electron chi connectivity index (χ4n) is 3.22. The fourth-order valence-corrected chi connectivity index (χ4v) is 4.75. The van der Waals surface area contributed by atoms with E-state index >= 15 is 0 Å². The van der Waals surface area contributed by atoms with E-state index in [2.05, 4.69) is 25.0 Å². The van der Waals surface area contributed by atoms with Crippen LogP contribution in [0.15, 0.2) is 34.2 Å². The highest BCUT2D eigenvalue weighted by atomic mass is 35.5. The maximum atomic E-state index is 12.6. The van der Waals surface area contributed by atoms with E-state index in [-0.39, 0.29) is 45.0 Å². The van der Waals surface area contributed by atoms with Gasteiger partial charge < -0.3 is 17.2 Å². The molecule has 0 aliphatic carbocycles. The zero-order valence-electron chi connectivity index (χ0n) is 20.3. The number of rotatable bonds is 11. The third-order valence-electron chi connectivity index (χ3n) is 5.14. The highest BCUT2D eigenvalue weighted by molar-refractivity contribution is 7.89. The lowest BCUT2D eigenvalue weighted by Gasteiger charge is -2.19. The van der Waals surface area contributed by atoms with E-state index in [0.717, 1.165) is 12.0 Å². The van der Waals surface area contributed by atoms with Crippen molar-refractivity contribution in [3.8, 4) is 0 Å². The van der Waals surface area contributed by atoms with Crippen LogP contribution in [0.5, 0.6) is 0 Å². The Balaban J connectivity index is 1.84. The van der Waals surface area contributed by atoms with Crippen molar-refractivity contribution in [1.29, 1.82) is 0 Å². The summed E-state index contributed by atoms with van der Waals surface area (Å²) in [6.45, 7) is 5.28. The summed E-state index contributed by atoms with van der Waals surface area (Å²) in [6, 6.07) is 5.71. The van der Waals surface area contributed by atoms with Gasteiger partial charge >= 0.3 is 0 Å². The molecule has 0 spiro atoms. The van der Waals surface area contributed by atoms with E-state index in [1.165, 1.54) is 19.1 Å². The molecule has 2 rings (SSSR count). The molecule has 12 nitrogen and oxygen atoms in total. The highest BCUT2D eigenvalue weighted by Crippen LogP contribution is 2.17. The average Bonchev–Trinajstić information content (AvgIpc) is 2.79. The van der Waals surface area contributed by atoms with Crippen molar-refractivity contribution in [1.82, 2.24) is 20.0 Å². The van der Waals surface area contributed by atoms with Crippen LogP contribution in [0.1, 0.15) is 49.7 Å². The molecule has 1 atom stereocenters. The second-order valence-electron chi connectivity index (χ2n) is 8.41.